The van der Waals surface area contributed by atoms with E-state index in [1.807, 2.05) is 19.1 Å². The van der Waals surface area contributed by atoms with Crippen molar-refractivity contribution in [3.05, 3.63) is 41.7 Å². The number of nitrogens with zero attached hydrogens (tertiary/aromatic N) is 3. The molecule has 2 heterocycles. The van der Waals surface area contributed by atoms with Crippen molar-refractivity contribution in [3.8, 4) is 0 Å². The van der Waals surface area contributed by atoms with Crippen molar-refractivity contribution >= 4 is 11.9 Å². The summed E-state index contributed by atoms with van der Waals surface area (Å²) < 4.78 is 1.66. The number of carbonyl (C=O) groups excluding carboxylic acids is 1. The van der Waals surface area contributed by atoms with E-state index in [4.69, 9.17) is 0 Å². The van der Waals surface area contributed by atoms with Crippen molar-refractivity contribution in [2.24, 2.45) is 5.92 Å². The Morgan fingerprint density at radius 3 is 2.83 bits per heavy atom. The topological polar surface area (TPSA) is 71.8 Å². The summed E-state index contributed by atoms with van der Waals surface area (Å²) in [6, 6.07) is 8.36. The smallest absolute Gasteiger partial charge is 0.231 e. The van der Waals surface area contributed by atoms with Gasteiger partial charge in [-0.2, -0.15) is 10.1 Å². The quantitative estimate of drug-likeness (QED) is 0.850. The second-order valence-electron chi connectivity index (χ2n) is 6.00. The molecule has 0 radical (unpaired) electrons. The highest BCUT2D eigenvalue weighted by Gasteiger charge is 2.15. The van der Waals surface area contributed by atoms with Gasteiger partial charge in [0, 0.05) is 6.54 Å². The molecule has 2 N–H and O–H groups in total. The summed E-state index contributed by atoms with van der Waals surface area (Å²) in [4.78, 5) is 16.2. The van der Waals surface area contributed by atoms with Crippen LogP contribution in [0.1, 0.15) is 24.5 Å². The minimum atomic E-state index is -0.0690. The zero-order valence-corrected chi connectivity index (χ0v) is 13.5. The van der Waals surface area contributed by atoms with Gasteiger partial charge in [0.05, 0.1) is 6.42 Å². The van der Waals surface area contributed by atoms with Gasteiger partial charge in [-0.05, 0) is 49.9 Å². The van der Waals surface area contributed by atoms with Gasteiger partial charge in [0.1, 0.15) is 6.33 Å². The van der Waals surface area contributed by atoms with Crippen molar-refractivity contribution in [3.63, 3.8) is 0 Å². The van der Waals surface area contributed by atoms with Crippen molar-refractivity contribution in [1.82, 2.24) is 20.1 Å². The Morgan fingerprint density at radius 1 is 1.35 bits per heavy atom. The van der Waals surface area contributed by atoms with Gasteiger partial charge in [0.25, 0.3) is 0 Å². The molecular formula is C17H23N5O. The molecular weight excluding hydrogens is 290 g/mol. The van der Waals surface area contributed by atoms with E-state index in [2.05, 4.69) is 32.8 Å². The fourth-order valence-corrected chi connectivity index (χ4v) is 2.96. The maximum Gasteiger partial charge on any atom is 0.231 e. The normalized spacial score (nSPS) is 17.3. The molecule has 1 aromatic carbocycles. The van der Waals surface area contributed by atoms with Crippen LogP contribution in [0.4, 0.5) is 5.95 Å². The third-order valence-electron chi connectivity index (χ3n) is 4.24. The van der Waals surface area contributed by atoms with Crippen LogP contribution in [0.5, 0.6) is 0 Å². The first-order valence-corrected chi connectivity index (χ1v) is 8.20. The molecule has 1 saturated heterocycles. The third kappa shape index (κ3) is 4.16. The molecule has 0 aliphatic carbocycles. The monoisotopic (exact) mass is 313 g/mol. The molecule has 1 unspecified atom stereocenters. The molecule has 1 amide bonds. The first kappa shape index (κ1) is 15.7. The van der Waals surface area contributed by atoms with Crippen LogP contribution in [0.2, 0.25) is 0 Å². The van der Waals surface area contributed by atoms with Crippen molar-refractivity contribution in [2.45, 2.75) is 32.7 Å². The van der Waals surface area contributed by atoms with Crippen molar-refractivity contribution < 1.29 is 4.79 Å². The molecule has 6 heteroatoms. The number of hydrogen-bond donors (Lipinski definition) is 2. The van der Waals surface area contributed by atoms with E-state index in [-0.39, 0.29) is 5.91 Å². The number of hydrogen-bond acceptors (Lipinski definition) is 4. The lowest BCUT2D eigenvalue weighted by Gasteiger charge is -2.09. The molecule has 122 valence electrons. The van der Waals surface area contributed by atoms with Gasteiger partial charge >= 0.3 is 0 Å². The molecule has 1 aromatic heterocycles. The summed E-state index contributed by atoms with van der Waals surface area (Å²) in [6.45, 7) is 4.89. The van der Waals surface area contributed by atoms with Crippen molar-refractivity contribution in [2.75, 3.05) is 18.4 Å². The van der Waals surface area contributed by atoms with Gasteiger partial charge in [0.2, 0.25) is 11.9 Å². The average Bonchev–Trinajstić information content (AvgIpc) is 3.20. The maximum atomic E-state index is 12.1. The second-order valence-corrected chi connectivity index (χ2v) is 6.00. The minimum Gasteiger partial charge on any atom is -0.316 e. The number of nitrogens with one attached hydrogen (secondary N) is 2. The van der Waals surface area contributed by atoms with Gasteiger partial charge in [-0.1, -0.05) is 24.3 Å². The van der Waals surface area contributed by atoms with E-state index in [0.29, 0.717) is 18.9 Å². The number of rotatable bonds is 6. The highest BCUT2D eigenvalue weighted by molar-refractivity contribution is 5.90. The summed E-state index contributed by atoms with van der Waals surface area (Å²) >= 11 is 0. The van der Waals surface area contributed by atoms with Crippen LogP contribution in [0.25, 0.3) is 0 Å². The largest absolute Gasteiger partial charge is 0.316 e. The molecule has 0 spiro atoms. The van der Waals surface area contributed by atoms with Crippen LogP contribution in [0, 0.1) is 5.92 Å². The standard InChI is InChI=1S/C17H23N5O/c1-2-22-17(19-12-20-22)21-16(23)10-14-5-3-13(4-6-14)9-15-7-8-18-11-15/h3-6,12,15,18H,2,7-11H2,1H3,(H,19,20,21,23). The Labute approximate surface area is 136 Å². The van der Waals surface area contributed by atoms with Gasteiger partial charge in [-0.3, -0.25) is 10.1 Å². The van der Waals surface area contributed by atoms with E-state index in [9.17, 15) is 4.79 Å². The number of benzene rings is 1. The summed E-state index contributed by atoms with van der Waals surface area (Å²) in [5.41, 5.74) is 2.35. The zero-order valence-electron chi connectivity index (χ0n) is 13.5. The fourth-order valence-electron chi connectivity index (χ4n) is 2.96. The van der Waals surface area contributed by atoms with Crippen LogP contribution in [0.15, 0.2) is 30.6 Å². The van der Waals surface area contributed by atoms with Gasteiger partial charge in [0.15, 0.2) is 0 Å². The number of amides is 1. The first-order chi connectivity index (χ1) is 11.2. The average molecular weight is 313 g/mol. The lowest BCUT2D eigenvalue weighted by molar-refractivity contribution is -0.115. The first-order valence-electron chi connectivity index (χ1n) is 8.20. The van der Waals surface area contributed by atoms with Crippen molar-refractivity contribution in [1.29, 1.82) is 0 Å². The molecule has 0 bridgehead atoms. The molecule has 3 rings (SSSR count). The third-order valence-corrected chi connectivity index (χ3v) is 4.24. The number of aryl methyl sites for hydroxylation is 1. The van der Waals surface area contributed by atoms with Crippen LogP contribution in [-0.2, 0) is 24.2 Å². The lowest BCUT2D eigenvalue weighted by atomic mass is 9.97. The summed E-state index contributed by atoms with van der Waals surface area (Å²) in [5, 5.41) is 10.2. The molecule has 2 aromatic rings. The molecule has 1 atom stereocenters. The Morgan fingerprint density at radius 2 is 2.13 bits per heavy atom. The molecule has 1 aliphatic heterocycles. The Bertz CT molecular complexity index is 643. The predicted molar refractivity (Wildman–Crippen MR) is 89.2 cm³/mol. The van der Waals surface area contributed by atoms with Gasteiger partial charge in [-0.15, -0.1) is 0 Å². The van der Waals surface area contributed by atoms with E-state index in [1.165, 1.54) is 18.3 Å². The Balaban J connectivity index is 1.54. The molecule has 23 heavy (non-hydrogen) atoms. The van der Waals surface area contributed by atoms with Crippen LogP contribution in [0.3, 0.4) is 0 Å². The Kier molecular flexibility index (Phi) is 5.02. The summed E-state index contributed by atoms with van der Waals surface area (Å²) in [5.74, 6) is 1.17. The van der Waals surface area contributed by atoms with E-state index < -0.39 is 0 Å². The van der Waals surface area contributed by atoms with Crippen LogP contribution in [-0.4, -0.2) is 33.8 Å². The van der Waals surface area contributed by atoms with E-state index >= 15 is 0 Å². The zero-order chi connectivity index (χ0) is 16.1. The summed E-state index contributed by atoms with van der Waals surface area (Å²) in [7, 11) is 0. The predicted octanol–water partition coefficient (Wildman–Crippen LogP) is 1.63. The van der Waals surface area contributed by atoms with Gasteiger partial charge < -0.3 is 5.32 Å². The SMILES string of the molecule is CCn1ncnc1NC(=O)Cc1ccc(CC2CCNC2)cc1. The second kappa shape index (κ2) is 7.37. The number of anilines is 1. The molecule has 6 nitrogen and oxygen atoms in total. The minimum absolute atomic E-state index is 0.0690. The van der Waals surface area contributed by atoms with Crippen LogP contribution < -0.4 is 10.6 Å². The fraction of sp³-hybridized carbons (Fsp3) is 0.471. The summed E-state index contributed by atoms with van der Waals surface area (Å²) in [6.07, 6.45) is 4.16. The molecule has 1 fully saturated rings. The molecule has 1 aliphatic rings. The number of aromatic nitrogens is 3. The highest BCUT2D eigenvalue weighted by atomic mass is 16.1. The van der Waals surface area contributed by atoms with Crippen LogP contribution >= 0.6 is 0 Å². The van der Waals surface area contributed by atoms with Gasteiger partial charge in [-0.25, -0.2) is 4.68 Å². The molecule has 0 saturated carbocycles. The van der Waals surface area contributed by atoms with E-state index in [0.717, 1.165) is 31.0 Å². The number of carbonyl (C=O) groups is 1. The highest BCUT2D eigenvalue weighted by Crippen LogP contribution is 2.16. The Hall–Kier alpha value is -2.21. The lowest BCUT2D eigenvalue weighted by Crippen LogP contribution is -2.18. The van der Waals surface area contributed by atoms with E-state index in [1.54, 1.807) is 4.68 Å². The maximum absolute atomic E-state index is 12.1.